The Balaban J connectivity index is 1.87. The number of hydrogen-bond donors (Lipinski definition) is 0. The summed E-state index contributed by atoms with van der Waals surface area (Å²) in [5, 5.41) is -0.501. The van der Waals surface area contributed by atoms with Crippen molar-refractivity contribution in [3.63, 3.8) is 0 Å². The molecule has 41 heavy (non-hydrogen) atoms. The van der Waals surface area contributed by atoms with Crippen LogP contribution in [0, 0.1) is 11.6 Å². The molecule has 3 atom stereocenters. The number of hydrogen-bond acceptors (Lipinski definition) is 6. The van der Waals surface area contributed by atoms with Gasteiger partial charge in [0.25, 0.3) is 0 Å². The fourth-order valence-electron chi connectivity index (χ4n) is 5.84. The van der Waals surface area contributed by atoms with Crippen molar-refractivity contribution in [1.29, 1.82) is 0 Å². The third-order valence-corrected chi connectivity index (χ3v) is 9.01. The Morgan fingerprint density at radius 3 is 2.34 bits per heavy atom. The number of amides is 1. The van der Waals surface area contributed by atoms with Crippen LogP contribution in [-0.4, -0.2) is 64.5 Å². The van der Waals surface area contributed by atoms with Crippen LogP contribution in [0.2, 0.25) is 5.02 Å². The molecule has 0 bridgehead atoms. The van der Waals surface area contributed by atoms with Crippen LogP contribution in [0.15, 0.2) is 27.9 Å². The van der Waals surface area contributed by atoms with Crippen molar-refractivity contribution in [2.45, 2.75) is 56.6 Å². The number of alkyl halides is 3. The molecule has 2 aliphatic rings. The van der Waals surface area contributed by atoms with E-state index in [-0.39, 0.29) is 65.0 Å². The fourth-order valence-corrected chi connectivity index (χ4v) is 7.32. The highest BCUT2D eigenvalue weighted by atomic mass is 35.5. The van der Waals surface area contributed by atoms with Gasteiger partial charge in [0.05, 0.1) is 28.8 Å². The van der Waals surface area contributed by atoms with Crippen molar-refractivity contribution in [3.05, 3.63) is 50.9 Å². The zero-order chi connectivity index (χ0) is 30.0. The van der Waals surface area contributed by atoms with E-state index in [2.05, 4.69) is 4.98 Å². The van der Waals surface area contributed by atoms with Gasteiger partial charge in [-0.05, 0) is 26.0 Å². The van der Waals surface area contributed by atoms with Crippen LogP contribution in [0.4, 0.5) is 27.8 Å². The molecule has 2 aromatic carbocycles. The van der Waals surface area contributed by atoms with Gasteiger partial charge in [-0.2, -0.15) is 18.2 Å². The molecule has 3 heterocycles. The zero-order valence-electron chi connectivity index (χ0n) is 22.5. The number of nitrogens with zero attached hydrogens (tertiary/aromatic N) is 4. The quantitative estimate of drug-likeness (QED) is 0.283. The smallest absolute Gasteiger partial charge is 0.379 e. The first-order chi connectivity index (χ1) is 19.2. The normalized spacial score (nSPS) is 21.4. The van der Waals surface area contributed by atoms with Crippen molar-refractivity contribution >= 4 is 46.0 Å². The summed E-state index contributed by atoms with van der Waals surface area (Å²) < 4.78 is 80.2. The number of methoxy groups -OCH3 is 1. The van der Waals surface area contributed by atoms with Crippen molar-refractivity contribution < 1.29 is 31.5 Å². The van der Waals surface area contributed by atoms with Gasteiger partial charge in [-0.15, -0.1) is 11.8 Å². The molecule has 0 radical (unpaired) electrons. The van der Waals surface area contributed by atoms with Crippen LogP contribution in [0.5, 0.6) is 0 Å². The van der Waals surface area contributed by atoms with E-state index in [0.29, 0.717) is 6.07 Å². The summed E-state index contributed by atoms with van der Waals surface area (Å²) >= 11 is 6.89. The molecular weight excluding hydrogens is 591 g/mol. The number of ether oxygens (including phenoxy) is 1. The molecule has 14 heteroatoms. The number of carbonyl (C=O) groups excluding carboxylic acids is 1. The van der Waals surface area contributed by atoms with Gasteiger partial charge in [0.1, 0.15) is 17.5 Å². The van der Waals surface area contributed by atoms with Gasteiger partial charge in [-0.1, -0.05) is 11.6 Å². The largest absolute Gasteiger partial charge is 0.417 e. The average molecular weight is 617 g/mol. The van der Waals surface area contributed by atoms with Crippen LogP contribution in [-0.2, 0) is 22.3 Å². The van der Waals surface area contributed by atoms with Crippen LogP contribution >= 0.6 is 23.4 Å². The molecule has 1 fully saturated rings. The summed E-state index contributed by atoms with van der Waals surface area (Å²) in [4.78, 5) is 33.3. The lowest BCUT2D eigenvalue weighted by molar-refractivity contribution is -0.137. The van der Waals surface area contributed by atoms with Crippen molar-refractivity contribution in [3.8, 4) is 11.1 Å². The van der Waals surface area contributed by atoms with Gasteiger partial charge < -0.3 is 14.5 Å². The zero-order valence-corrected chi connectivity index (χ0v) is 24.1. The molecule has 0 N–H and O–H groups in total. The van der Waals surface area contributed by atoms with E-state index in [4.69, 9.17) is 16.3 Å². The Morgan fingerprint density at radius 2 is 1.76 bits per heavy atom. The lowest BCUT2D eigenvalue weighted by Gasteiger charge is -2.44. The van der Waals surface area contributed by atoms with Gasteiger partial charge in [0, 0.05) is 72.4 Å². The second kappa shape index (κ2) is 10.7. The summed E-state index contributed by atoms with van der Waals surface area (Å²) in [6, 6.07) is 1.51. The molecule has 1 aromatic heterocycles. The van der Waals surface area contributed by atoms with Gasteiger partial charge in [-0.25, -0.2) is 13.6 Å². The van der Waals surface area contributed by atoms with Crippen molar-refractivity contribution in [2.24, 2.45) is 0 Å². The van der Waals surface area contributed by atoms with E-state index >= 15 is 4.39 Å². The van der Waals surface area contributed by atoms with Crippen LogP contribution in [0.25, 0.3) is 22.0 Å². The highest BCUT2D eigenvalue weighted by molar-refractivity contribution is 7.99. The molecule has 3 aromatic rings. The van der Waals surface area contributed by atoms with Gasteiger partial charge >= 0.3 is 11.9 Å². The van der Waals surface area contributed by atoms with Crippen molar-refractivity contribution in [2.75, 3.05) is 30.9 Å². The van der Waals surface area contributed by atoms with Gasteiger partial charge in [0.2, 0.25) is 5.91 Å². The minimum Gasteiger partial charge on any atom is -0.379 e. The number of rotatable bonds is 3. The molecule has 1 saturated heterocycles. The van der Waals surface area contributed by atoms with Gasteiger partial charge in [0.15, 0.2) is 0 Å². The predicted octanol–water partition coefficient (Wildman–Crippen LogP) is 5.58. The number of thioether (sulfide) groups is 1. The Kier molecular flexibility index (Phi) is 7.75. The number of piperazine rings is 1. The molecular formula is C27H26ClF5N4O3S. The third kappa shape index (κ3) is 5.16. The monoisotopic (exact) mass is 616 g/mol. The molecule has 1 amide bonds. The highest BCUT2D eigenvalue weighted by Gasteiger charge is 2.40. The Bertz CT molecular complexity index is 1600. The number of aromatic nitrogens is 2. The van der Waals surface area contributed by atoms with E-state index in [0.717, 1.165) is 23.9 Å². The molecule has 0 aliphatic carbocycles. The first-order valence-corrected chi connectivity index (χ1v) is 14.1. The van der Waals surface area contributed by atoms with Crippen molar-refractivity contribution in [1.82, 2.24) is 14.5 Å². The first-order valence-electron chi connectivity index (χ1n) is 12.8. The Labute approximate surface area is 241 Å². The van der Waals surface area contributed by atoms with E-state index in [9.17, 15) is 27.2 Å². The fraction of sp³-hybridized carbons (Fsp3) is 0.444. The van der Waals surface area contributed by atoms with E-state index in [1.54, 1.807) is 9.80 Å². The predicted molar refractivity (Wildman–Crippen MR) is 147 cm³/mol. The number of anilines is 1. The highest BCUT2D eigenvalue weighted by Crippen LogP contribution is 2.49. The molecule has 0 saturated carbocycles. The number of halogens is 6. The molecule has 220 valence electrons. The molecule has 7 nitrogen and oxygen atoms in total. The molecule has 2 aliphatic heterocycles. The topological polar surface area (TPSA) is 67.7 Å². The van der Waals surface area contributed by atoms with E-state index in [1.807, 2.05) is 13.8 Å². The summed E-state index contributed by atoms with van der Waals surface area (Å²) in [5.41, 5.74) is -2.84. The third-order valence-electron chi connectivity index (χ3n) is 7.50. The standard InChI is InChI=1S/C27H26ClF5N4O3S/c1-12-8-35(9-13(2)37(12)14(3)38)25-17-5-18(27(31,32)33)22(16-6-19(28)21(30)7-20(16)29)24-23(17)36(26(39)34-25)10-15(40-4)11-41-24/h5-7,12-13,15H,8-11H2,1-4H3/t12-,13+,15-/m0/s1. The van der Waals surface area contributed by atoms with Crippen LogP contribution in [0.3, 0.4) is 0 Å². The van der Waals surface area contributed by atoms with E-state index < -0.39 is 51.3 Å². The Hall–Kier alpha value is -2.90. The second-order valence-corrected chi connectivity index (χ2v) is 11.7. The maximum atomic E-state index is 15.2. The summed E-state index contributed by atoms with van der Waals surface area (Å²) in [6.07, 6.45) is -5.53. The second-order valence-electron chi connectivity index (χ2n) is 10.3. The minimum absolute atomic E-state index is 0.00148. The summed E-state index contributed by atoms with van der Waals surface area (Å²) in [5.74, 6) is -2.30. The summed E-state index contributed by atoms with van der Waals surface area (Å²) in [6.45, 7) is 5.52. The molecule has 0 spiro atoms. The molecule has 5 rings (SSSR count). The SMILES string of the molecule is CO[C@@H]1CSc2c(-c3cc(Cl)c(F)cc3F)c(C(F)(F)F)cc3c(N4C[C@@H](C)N(C(C)=O)[C@@H](C)C4)nc(=O)n(c23)C1. The average Bonchev–Trinajstić information content (AvgIpc) is 3.07. The lowest BCUT2D eigenvalue weighted by Crippen LogP contribution is -2.58. The minimum atomic E-state index is -4.97. The van der Waals surface area contributed by atoms with Crippen LogP contribution in [0.1, 0.15) is 26.3 Å². The van der Waals surface area contributed by atoms with E-state index in [1.165, 1.54) is 18.6 Å². The number of carbonyl (C=O) groups is 1. The maximum absolute atomic E-state index is 15.2. The number of benzene rings is 2. The first kappa shape index (κ1) is 29.6. The maximum Gasteiger partial charge on any atom is 0.417 e. The van der Waals surface area contributed by atoms with Crippen LogP contribution < -0.4 is 10.6 Å². The molecule has 0 unspecified atom stereocenters. The summed E-state index contributed by atoms with van der Waals surface area (Å²) in [7, 11) is 1.42. The Morgan fingerprint density at radius 1 is 1.10 bits per heavy atom. The lowest BCUT2D eigenvalue weighted by atomic mass is 9.95. The van der Waals surface area contributed by atoms with Gasteiger partial charge in [-0.3, -0.25) is 9.36 Å².